The van der Waals surface area contributed by atoms with Gasteiger partial charge in [-0.2, -0.15) is 16.9 Å². The lowest BCUT2D eigenvalue weighted by molar-refractivity contribution is 0.406. The zero-order valence-corrected chi connectivity index (χ0v) is 15.5. The van der Waals surface area contributed by atoms with Crippen molar-refractivity contribution in [1.82, 2.24) is 4.57 Å². The summed E-state index contributed by atoms with van der Waals surface area (Å²) >= 11 is 1.90. The molecular weight excluding hydrogens is 330 g/mol. The third-order valence-electron chi connectivity index (χ3n) is 4.70. The first-order valence-corrected chi connectivity index (χ1v) is 9.60. The highest BCUT2D eigenvalue weighted by Gasteiger charge is 2.27. The fourth-order valence-electron chi connectivity index (χ4n) is 3.26. The van der Waals surface area contributed by atoms with Crippen LogP contribution in [0.1, 0.15) is 22.7 Å². The largest absolute Gasteiger partial charge is 0.493 e. The lowest BCUT2D eigenvalue weighted by Gasteiger charge is -2.27. The second-order valence-electron chi connectivity index (χ2n) is 6.74. The summed E-state index contributed by atoms with van der Waals surface area (Å²) < 4.78 is 2.02. The first-order valence-electron chi connectivity index (χ1n) is 8.45. The predicted octanol–water partition coefficient (Wildman–Crippen LogP) is 5.98. The minimum Gasteiger partial charge on any atom is -0.493 e. The lowest BCUT2D eigenvalue weighted by atomic mass is 10.1. The van der Waals surface area contributed by atoms with Crippen molar-refractivity contribution in [3.63, 3.8) is 0 Å². The van der Waals surface area contributed by atoms with Crippen LogP contribution in [0.2, 0.25) is 0 Å². The number of aryl methyl sites for hydroxylation is 3. The average Bonchev–Trinajstić information content (AvgIpc) is 2.77. The maximum atomic E-state index is 10.8. The monoisotopic (exact) mass is 351 g/mol. The molecule has 1 fully saturated rings. The zero-order chi connectivity index (χ0) is 17.6. The average molecular weight is 351 g/mol. The topological polar surface area (TPSA) is 49.9 Å². The molecule has 2 heterocycles. The van der Waals surface area contributed by atoms with Crippen LogP contribution >= 0.6 is 11.8 Å². The van der Waals surface area contributed by atoms with Crippen molar-refractivity contribution in [3.8, 4) is 5.88 Å². The number of aromatic nitrogens is 1. The molecule has 4 nitrogen and oxygen atoms in total. The number of azo groups is 1. The van der Waals surface area contributed by atoms with Crippen molar-refractivity contribution in [2.45, 2.75) is 26.8 Å². The Morgan fingerprint density at radius 1 is 1.00 bits per heavy atom. The van der Waals surface area contributed by atoms with E-state index >= 15 is 0 Å². The van der Waals surface area contributed by atoms with Gasteiger partial charge in [-0.25, -0.2) is 0 Å². The van der Waals surface area contributed by atoms with Crippen LogP contribution in [0, 0.1) is 20.8 Å². The molecule has 1 saturated heterocycles. The number of hydrogen-bond donors (Lipinski definition) is 1. The minimum atomic E-state index is 0.222. The molecule has 25 heavy (non-hydrogen) atoms. The predicted molar refractivity (Wildman–Crippen MR) is 105 cm³/mol. The third kappa shape index (κ3) is 2.82. The Bertz CT molecular complexity index is 986. The Morgan fingerprint density at radius 2 is 1.72 bits per heavy atom. The SMILES string of the molecule is Cc1ccc(N=Nc2c(O)n(C3CSC3)c3ccc(C)cc23)c(C)c1. The number of benzene rings is 2. The van der Waals surface area contributed by atoms with E-state index in [0.29, 0.717) is 11.7 Å². The summed E-state index contributed by atoms with van der Waals surface area (Å²) in [5, 5.41) is 20.7. The second kappa shape index (κ2) is 6.23. The van der Waals surface area contributed by atoms with Crippen molar-refractivity contribution in [2.24, 2.45) is 10.2 Å². The van der Waals surface area contributed by atoms with E-state index in [0.717, 1.165) is 39.2 Å². The molecule has 0 unspecified atom stereocenters. The number of rotatable bonds is 3. The van der Waals surface area contributed by atoms with Gasteiger partial charge in [-0.05, 0) is 44.5 Å². The summed E-state index contributed by atoms with van der Waals surface area (Å²) in [7, 11) is 0. The van der Waals surface area contributed by atoms with Crippen molar-refractivity contribution in [1.29, 1.82) is 0 Å². The van der Waals surface area contributed by atoms with Gasteiger partial charge < -0.3 is 9.67 Å². The smallest absolute Gasteiger partial charge is 0.221 e. The maximum absolute atomic E-state index is 10.8. The van der Waals surface area contributed by atoms with Gasteiger partial charge in [0, 0.05) is 16.9 Å². The molecule has 0 saturated carbocycles. The van der Waals surface area contributed by atoms with Crippen LogP contribution in [0.15, 0.2) is 46.6 Å². The van der Waals surface area contributed by atoms with E-state index < -0.39 is 0 Å². The van der Waals surface area contributed by atoms with Gasteiger partial charge in [-0.3, -0.25) is 0 Å². The molecule has 0 bridgehead atoms. The molecular formula is C20H21N3OS. The van der Waals surface area contributed by atoms with E-state index in [2.05, 4.69) is 48.3 Å². The Labute approximate surface area is 151 Å². The van der Waals surface area contributed by atoms with Crippen molar-refractivity contribution in [3.05, 3.63) is 53.1 Å². The van der Waals surface area contributed by atoms with Gasteiger partial charge in [0.25, 0.3) is 0 Å². The van der Waals surface area contributed by atoms with Gasteiger partial charge in [-0.1, -0.05) is 29.3 Å². The molecule has 0 spiro atoms. The molecule has 128 valence electrons. The maximum Gasteiger partial charge on any atom is 0.221 e. The molecule has 4 rings (SSSR count). The molecule has 3 aromatic rings. The fraction of sp³-hybridized carbons (Fsp3) is 0.300. The van der Waals surface area contributed by atoms with Crippen LogP contribution in [0.4, 0.5) is 11.4 Å². The van der Waals surface area contributed by atoms with E-state index in [-0.39, 0.29) is 5.88 Å². The van der Waals surface area contributed by atoms with Crippen molar-refractivity contribution in [2.75, 3.05) is 11.5 Å². The van der Waals surface area contributed by atoms with Crippen LogP contribution in [0.25, 0.3) is 10.9 Å². The summed E-state index contributed by atoms with van der Waals surface area (Å²) in [6, 6.07) is 12.7. The van der Waals surface area contributed by atoms with Crippen LogP contribution in [0.3, 0.4) is 0 Å². The minimum absolute atomic E-state index is 0.222. The van der Waals surface area contributed by atoms with Crippen LogP contribution in [-0.4, -0.2) is 21.2 Å². The summed E-state index contributed by atoms with van der Waals surface area (Å²) in [5.41, 5.74) is 5.86. The molecule has 1 aliphatic rings. The third-order valence-corrected chi connectivity index (χ3v) is 5.94. The van der Waals surface area contributed by atoms with Crippen LogP contribution in [0.5, 0.6) is 5.88 Å². The summed E-state index contributed by atoms with van der Waals surface area (Å²) in [5.74, 6) is 2.27. The van der Waals surface area contributed by atoms with Gasteiger partial charge in [-0.15, -0.1) is 5.11 Å². The van der Waals surface area contributed by atoms with Gasteiger partial charge in [0.1, 0.15) is 0 Å². The zero-order valence-electron chi connectivity index (χ0n) is 14.7. The van der Waals surface area contributed by atoms with Gasteiger partial charge in [0.2, 0.25) is 5.88 Å². The summed E-state index contributed by atoms with van der Waals surface area (Å²) in [6.07, 6.45) is 0. The highest BCUT2D eigenvalue weighted by molar-refractivity contribution is 8.00. The van der Waals surface area contributed by atoms with Crippen molar-refractivity contribution < 1.29 is 5.11 Å². The number of fused-ring (bicyclic) bond motifs is 1. The first kappa shape index (κ1) is 16.2. The van der Waals surface area contributed by atoms with E-state index in [1.54, 1.807) is 0 Å². The fourth-order valence-corrected chi connectivity index (χ4v) is 4.00. The number of aromatic hydroxyl groups is 1. The number of thioether (sulfide) groups is 1. The number of nitrogens with zero attached hydrogens (tertiary/aromatic N) is 3. The molecule has 1 aromatic heterocycles. The quantitative estimate of drug-likeness (QED) is 0.590. The second-order valence-corrected chi connectivity index (χ2v) is 7.82. The Balaban J connectivity index is 1.84. The van der Waals surface area contributed by atoms with E-state index in [4.69, 9.17) is 0 Å². The molecule has 0 amide bonds. The molecule has 0 aliphatic carbocycles. The van der Waals surface area contributed by atoms with Gasteiger partial charge >= 0.3 is 0 Å². The lowest BCUT2D eigenvalue weighted by Crippen LogP contribution is -2.22. The van der Waals surface area contributed by atoms with Crippen LogP contribution < -0.4 is 0 Å². The first-order chi connectivity index (χ1) is 12.0. The molecule has 5 heteroatoms. The standard InChI is InChI=1S/C20H21N3OS/c1-12-4-6-17(14(3)8-12)21-22-19-16-9-13(2)5-7-18(16)23(20(19)24)15-10-25-11-15/h4-9,15,24H,10-11H2,1-3H3. The van der Waals surface area contributed by atoms with E-state index in [9.17, 15) is 5.11 Å². The molecule has 1 aliphatic heterocycles. The highest BCUT2D eigenvalue weighted by atomic mass is 32.2. The van der Waals surface area contributed by atoms with Crippen molar-refractivity contribution >= 4 is 34.0 Å². The normalized spacial score (nSPS) is 15.2. The Hall–Kier alpha value is -2.27. The molecule has 0 atom stereocenters. The Kier molecular flexibility index (Phi) is 4.04. The van der Waals surface area contributed by atoms with Crippen LogP contribution in [-0.2, 0) is 0 Å². The summed E-state index contributed by atoms with van der Waals surface area (Å²) in [6.45, 7) is 6.14. The number of hydrogen-bond acceptors (Lipinski definition) is 4. The molecule has 1 N–H and O–H groups in total. The van der Waals surface area contributed by atoms with E-state index in [1.807, 2.05) is 35.4 Å². The van der Waals surface area contributed by atoms with Gasteiger partial charge in [0.15, 0.2) is 5.69 Å². The van der Waals surface area contributed by atoms with Gasteiger partial charge in [0.05, 0.1) is 17.2 Å². The molecule has 2 aromatic carbocycles. The highest BCUT2D eigenvalue weighted by Crippen LogP contribution is 2.45. The Morgan fingerprint density at radius 3 is 2.40 bits per heavy atom. The summed E-state index contributed by atoms with van der Waals surface area (Å²) in [4.78, 5) is 0. The molecule has 0 radical (unpaired) electrons. The van der Waals surface area contributed by atoms with E-state index in [1.165, 1.54) is 5.56 Å².